The first-order chi connectivity index (χ1) is 25.3. The normalized spacial score (nSPS) is 32.1. The van der Waals surface area contributed by atoms with Crippen LogP contribution in [0.1, 0.15) is 107 Å². The van der Waals surface area contributed by atoms with Gasteiger partial charge in [-0.05, 0) is 85.3 Å². The van der Waals surface area contributed by atoms with Crippen molar-refractivity contribution in [2.75, 3.05) is 32.7 Å². The fourth-order valence-electron chi connectivity index (χ4n) is 7.07. The monoisotopic (exact) mass is 759 g/mol. The highest BCUT2D eigenvalue weighted by molar-refractivity contribution is 5.70. The van der Waals surface area contributed by atoms with Gasteiger partial charge in [0.15, 0.2) is 6.10 Å². The van der Waals surface area contributed by atoms with Gasteiger partial charge in [0, 0.05) is 51.0 Å². The Morgan fingerprint density at radius 2 is 1.83 bits per heavy atom. The molecule has 10 unspecified atom stereocenters. The second-order valence-electron chi connectivity index (χ2n) is 16.7. The number of carbonyl (C=O) groups is 2. The van der Waals surface area contributed by atoms with Gasteiger partial charge in [-0.15, -0.1) is 0 Å². The third-order valence-corrected chi connectivity index (χ3v) is 11.0. The Hall–Kier alpha value is -2.80. The van der Waals surface area contributed by atoms with Crippen molar-refractivity contribution in [1.82, 2.24) is 9.80 Å². The fourth-order valence-corrected chi connectivity index (χ4v) is 7.07. The zero-order chi connectivity index (χ0) is 40.2. The van der Waals surface area contributed by atoms with E-state index in [0.29, 0.717) is 44.6 Å². The van der Waals surface area contributed by atoms with Crippen molar-refractivity contribution in [3.8, 4) is 0 Å². The number of allylic oxidation sites excluding steroid dienone is 5. The lowest BCUT2D eigenvalue weighted by molar-refractivity contribution is -0.151. The van der Waals surface area contributed by atoms with E-state index >= 15 is 0 Å². The van der Waals surface area contributed by atoms with Crippen LogP contribution in [0, 0.1) is 11.8 Å². The lowest BCUT2D eigenvalue weighted by Gasteiger charge is -2.37. The summed E-state index contributed by atoms with van der Waals surface area (Å²) in [6, 6.07) is 0. The molecule has 3 heterocycles. The van der Waals surface area contributed by atoms with Gasteiger partial charge in [0.05, 0.1) is 36.4 Å². The van der Waals surface area contributed by atoms with Crippen molar-refractivity contribution in [2.24, 2.45) is 11.8 Å². The zero-order valence-electron chi connectivity index (χ0n) is 34.4. The fraction of sp³-hybridized carbons (Fsp3) is 0.721. The van der Waals surface area contributed by atoms with Gasteiger partial charge in [-0.2, -0.15) is 0 Å². The van der Waals surface area contributed by atoms with Crippen LogP contribution in [0.25, 0.3) is 0 Å². The summed E-state index contributed by atoms with van der Waals surface area (Å²) in [6.07, 6.45) is 12.2. The molecule has 2 fully saturated rings. The van der Waals surface area contributed by atoms with Gasteiger partial charge in [0.2, 0.25) is 0 Å². The van der Waals surface area contributed by atoms with E-state index in [1.54, 1.807) is 49.1 Å². The van der Waals surface area contributed by atoms with Crippen LogP contribution in [0.15, 0.2) is 59.3 Å². The van der Waals surface area contributed by atoms with Gasteiger partial charge < -0.3 is 39.5 Å². The SMILES string of the molecule is CCC(O)C(C)C1OC1CC(C)(O)/C=C/C=C(\C)C1OC(=O)CC(O)CCC(C)(O)C(OC(=O)N2CCN(CC=C(C)CCC=C(C)C)CC2)/C=C\C1C. The second kappa shape index (κ2) is 20.9. The molecule has 11 heteroatoms. The van der Waals surface area contributed by atoms with E-state index in [1.807, 2.05) is 27.7 Å². The molecule has 3 aliphatic rings. The molecule has 0 radical (unpaired) electrons. The molecule has 11 nitrogen and oxygen atoms in total. The summed E-state index contributed by atoms with van der Waals surface area (Å²) in [5.41, 5.74) is 0.717. The van der Waals surface area contributed by atoms with Crippen LogP contribution in [-0.4, -0.2) is 123 Å². The predicted molar refractivity (Wildman–Crippen MR) is 212 cm³/mol. The molecule has 54 heavy (non-hydrogen) atoms. The van der Waals surface area contributed by atoms with Crippen molar-refractivity contribution in [3.05, 3.63) is 59.3 Å². The molecule has 0 aromatic heterocycles. The smallest absolute Gasteiger partial charge is 0.410 e. The predicted octanol–water partition coefficient (Wildman–Crippen LogP) is 6.02. The summed E-state index contributed by atoms with van der Waals surface area (Å²) in [4.78, 5) is 30.4. The summed E-state index contributed by atoms with van der Waals surface area (Å²) in [5.74, 6) is -0.964. The highest BCUT2D eigenvalue weighted by atomic mass is 16.6. The van der Waals surface area contributed by atoms with E-state index in [4.69, 9.17) is 14.2 Å². The van der Waals surface area contributed by atoms with Crippen LogP contribution >= 0.6 is 0 Å². The van der Waals surface area contributed by atoms with Crippen molar-refractivity contribution >= 4 is 12.1 Å². The third-order valence-electron chi connectivity index (χ3n) is 11.0. The summed E-state index contributed by atoms with van der Waals surface area (Å²) in [7, 11) is 0. The number of hydrogen-bond acceptors (Lipinski definition) is 10. The molecule has 0 spiro atoms. The Morgan fingerprint density at radius 3 is 2.48 bits per heavy atom. The molecule has 0 aromatic rings. The van der Waals surface area contributed by atoms with Gasteiger partial charge in [-0.1, -0.05) is 68.4 Å². The minimum atomic E-state index is -1.50. The molecule has 0 saturated carbocycles. The summed E-state index contributed by atoms with van der Waals surface area (Å²) in [5, 5.41) is 43.5. The molecule has 3 aliphatic heterocycles. The first-order valence-electron chi connectivity index (χ1n) is 20.0. The number of amides is 1. The minimum absolute atomic E-state index is 0.0156. The average molecular weight is 759 g/mol. The van der Waals surface area contributed by atoms with Crippen LogP contribution in [0.4, 0.5) is 4.79 Å². The maximum absolute atomic E-state index is 13.4. The number of rotatable bonds is 14. The Labute approximate surface area is 324 Å². The molecule has 1 amide bonds. The number of epoxide rings is 1. The van der Waals surface area contributed by atoms with E-state index in [1.165, 1.54) is 11.1 Å². The lowest BCUT2D eigenvalue weighted by atomic mass is 9.88. The molecular weight excluding hydrogens is 688 g/mol. The minimum Gasteiger partial charge on any atom is -0.457 e. The standard InChI is InChI=1S/C43H70N2O9/c1-10-35(47)33(7)40-36(52-40)28-42(8,50)20-12-15-31(5)39-32(6)16-17-37(43(9,51)21-18-34(46)27-38(48)54-39)53-41(49)45-25-23-44(24-26-45)22-19-30(4)14-11-13-29(2)3/h12-13,15-17,19-20,32-37,39-40,46-47,50-51H,10-11,14,18,21-28H2,1-9H3/b17-16-,20-12+,30-19?,31-15+. The summed E-state index contributed by atoms with van der Waals surface area (Å²) < 4.78 is 17.6. The molecule has 0 bridgehead atoms. The number of aliphatic hydroxyl groups is 4. The number of carbonyl (C=O) groups excluding carboxylic acids is 2. The molecule has 2 saturated heterocycles. The second-order valence-corrected chi connectivity index (χ2v) is 16.7. The van der Waals surface area contributed by atoms with Gasteiger partial charge in [0.25, 0.3) is 0 Å². The quantitative estimate of drug-likeness (QED) is 0.0717. The number of ether oxygens (including phenoxy) is 3. The molecule has 0 aliphatic carbocycles. The Kier molecular flexibility index (Phi) is 17.7. The van der Waals surface area contributed by atoms with Crippen molar-refractivity contribution in [1.29, 1.82) is 0 Å². The molecule has 10 atom stereocenters. The molecule has 3 rings (SSSR count). The third kappa shape index (κ3) is 15.0. The highest BCUT2D eigenvalue weighted by Crippen LogP contribution is 2.37. The topological polar surface area (TPSA) is 153 Å². The van der Waals surface area contributed by atoms with Gasteiger partial charge in [-0.25, -0.2) is 4.79 Å². The molecular formula is C43H70N2O9. The first-order valence-corrected chi connectivity index (χ1v) is 20.0. The Bertz CT molecular complexity index is 1370. The lowest BCUT2D eigenvalue weighted by Crippen LogP contribution is -2.51. The van der Waals surface area contributed by atoms with E-state index < -0.39 is 47.7 Å². The largest absolute Gasteiger partial charge is 0.457 e. The maximum Gasteiger partial charge on any atom is 0.410 e. The molecule has 306 valence electrons. The van der Waals surface area contributed by atoms with Crippen molar-refractivity contribution in [2.45, 2.75) is 155 Å². The molecule has 4 N–H and O–H groups in total. The van der Waals surface area contributed by atoms with Crippen LogP contribution in [0.3, 0.4) is 0 Å². The van der Waals surface area contributed by atoms with Gasteiger partial charge >= 0.3 is 12.1 Å². The van der Waals surface area contributed by atoms with Crippen LogP contribution < -0.4 is 0 Å². The Morgan fingerprint density at radius 1 is 1.15 bits per heavy atom. The van der Waals surface area contributed by atoms with Crippen LogP contribution in [0.5, 0.6) is 0 Å². The van der Waals surface area contributed by atoms with E-state index in [2.05, 4.69) is 37.8 Å². The van der Waals surface area contributed by atoms with E-state index in [9.17, 15) is 30.0 Å². The zero-order valence-corrected chi connectivity index (χ0v) is 34.4. The first kappa shape index (κ1) is 45.6. The van der Waals surface area contributed by atoms with Gasteiger partial charge in [-0.3, -0.25) is 9.69 Å². The number of esters is 1. The number of piperazine rings is 1. The number of hydrogen-bond donors (Lipinski definition) is 4. The number of cyclic esters (lactones) is 1. The Balaban J connectivity index is 1.67. The van der Waals surface area contributed by atoms with Crippen LogP contribution in [0.2, 0.25) is 0 Å². The van der Waals surface area contributed by atoms with Crippen LogP contribution in [-0.2, 0) is 19.0 Å². The van der Waals surface area contributed by atoms with Gasteiger partial charge in [0.1, 0.15) is 11.7 Å². The van der Waals surface area contributed by atoms with Crippen molar-refractivity contribution in [3.63, 3.8) is 0 Å². The number of aliphatic hydroxyl groups excluding tert-OH is 2. The maximum atomic E-state index is 13.4. The highest BCUT2D eigenvalue weighted by Gasteiger charge is 2.47. The summed E-state index contributed by atoms with van der Waals surface area (Å²) >= 11 is 0. The average Bonchev–Trinajstić information content (AvgIpc) is 3.87. The number of nitrogens with zero attached hydrogens (tertiary/aromatic N) is 2. The van der Waals surface area contributed by atoms with E-state index in [0.717, 1.165) is 19.4 Å². The van der Waals surface area contributed by atoms with Crippen molar-refractivity contribution < 1.29 is 44.2 Å². The summed E-state index contributed by atoms with van der Waals surface area (Å²) in [6.45, 7) is 20.5. The molecule has 0 aromatic carbocycles. The van der Waals surface area contributed by atoms with E-state index in [-0.39, 0.29) is 43.3 Å².